The van der Waals surface area contributed by atoms with E-state index in [0.29, 0.717) is 12.5 Å². The maximum Gasteiger partial charge on any atom is 0.320 e. The first-order valence-corrected chi connectivity index (χ1v) is 6.76. The van der Waals surface area contributed by atoms with Gasteiger partial charge in [-0.05, 0) is 36.8 Å². The predicted molar refractivity (Wildman–Crippen MR) is 71.7 cm³/mol. The van der Waals surface area contributed by atoms with Crippen molar-refractivity contribution in [1.82, 2.24) is 5.32 Å². The normalized spacial score (nSPS) is 20.2. The average molecular weight is 247 g/mol. The first-order valence-electron chi connectivity index (χ1n) is 6.76. The molecule has 2 atom stereocenters. The molecule has 0 radical (unpaired) electrons. The Morgan fingerprint density at radius 1 is 1.44 bits per heavy atom. The topological polar surface area (TPSA) is 49.3 Å². The summed E-state index contributed by atoms with van der Waals surface area (Å²) in [6.07, 6.45) is 4.63. The smallest absolute Gasteiger partial charge is 0.320 e. The minimum Gasteiger partial charge on any atom is -0.480 e. The minimum absolute atomic E-state index is 0.299. The van der Waals surface area contributed by atoms with Gasteiger partial charge in [0.05, 0.1) is 0 Å². The van der Waals surface area contributed by atoms with Crippen LogP contribution in [-0.4, -0.2) is 23.2 Å². The molecule has 1 aliphatic rings. The third-order valence-corrected chi connectivity index (χ3v) is 3.66. The SMILES string of the molecule is CCCC(NC1CCc2ccccc2C1)C(=O)O. The Hall–Kier alpha value is -1.35. The lowest BCUT2D eigenvalue weighted by Crippen LogP contribution is -2.45. The van der Waals surface area contributed by atoms with Crippen molar-refractivity contribution in [2.75, 3.05) is 0 Å². The highest BCUT2D eigenvalue weighted by Gasteiger charge is 2.23. The van der Waals surface area contributed by atoms with Gasteiger partial charge in [-0.15, -0.1) is 0 Å². The van der Waals surface area contributed by atoms with Crippen LogP contribution in [0.3, 0.4) is 0 Å². The highest BCUT2D eigenvalue weighted by molar-refractivity contribution is 5.73. The van der Waals surface area contributed by atoms with Crippen molar-refractivity contribution in [1.29, 1.82) is 0 Å². The summed E-state index contributed by atoms with van der Waals surface area (Å²) in [6, 6.07) is 8.36. The zero-order chi connectivity index (χ0) is 13.0. The fraction of sp³-hybridized carbons (Fsp3) is 0.533. The van der Waals surface area contributed by atoms with Gasteiger partial charge in [0.25, 0.3) is 0 Å². The minimum atomic E-state index is -0.726. The highest BCUT2D eigenvalue weighted by atomic mass is 16.4. The number of rotatable bonds is 5. The van der Waals surface area contributed by atoms with Crippen molar-refractivity contribution in [3.8, 4) is 0 Å². The van der Waals surface area contributed by atoms with Crippen LogP contribution in [0.15, 0.2) is 24.3 Å². The van der Waals surface area contributed by atoms with Crippen molar-refractivity contribution in [2.24, 2.45) is 0 Å². The molecule has 18 heavy (non-hydrogen) atoms. The van der Waals surface area contributed by atoms with E-state index in [2.05, 4.69) is 29.6 Å². The fourth-order valence-corrected chi connectivity index (χ4v) is 2.69. The summed E-state index contributed by atoms with van der Waals surface area (Å²) in [7, 11) is 0. The molecule has 2 rings (SSSR count). The molecule has 2 unspecified atom stereocenters. The summed E-state index contributed by atoms with van der Waals surface area (Å²) < 4.78 is 0. The Bertz CT molecular complexity index is 417. The molecule has 0 fully saturated rings. The largest absolute Gasteiger partial charge is 0.480 e. The van der Waals surface area contributed by atoms with Gasteiger partial charge in [-0.1, -0.05) is 37.6 Å². The van der Waals surface area contributed by atoms with Crippen LogP contribution in [0.1, 0.15) is 37.3 Å². The van der Waals surface area contributed by atoms with E-state index in [1.54, 1.807) is 0 Å². The third-order valence-electron chi connectivity index (χ3n) is 3.66. The molecule has 0 aliphatic heterocycles. The molecule has 0 heterocycles. The number of carbonyl (C=O) groups is 1. The Balaban J connectivity index is 1.98. The van der Waals surface area contributed by atoms with E-state index in [1.807, 2.05) is 6.92 Å². The Labute approximate surface area is 108 Å². The van der Waals surface area contributed by atoms with Gasteiger partial charge in [0.15, 0.2) is 0 Å². The number of hydrogen-bond acceptors (Lipinski definition) is 2. The lowest BCUT2D eigenvalue weighted by molar-refractivity contribution is -0.139. The van der Waals surface area contributed by atoms with Gasteiger partial charge < -0.3 is 10.4 Å². The maximum absolute atomic E-state index is 11.1. The van der Waals surface area contributed by atoms with Crippen molar-refractivity contribution in [2.45, 2.75) is 51.1 Å². The number of aliphatic carboxylic acids is 1. The van der Waals surface area contributed by atoms with Crippen LogP contribution < -0.4 is 5.32 Å². The number of hydrogen-bond donors (Lipinski definition) is 2. The van der Waals surface area contributed by atoms with Gasteiger partial charge in [0.1, 0.15) is 6.04 Å². The molecule has 3 nitrogen and oxygen atoms in total. The van der Waals surface area contributed by atoms with Gasteiger partial charge in [-0.2, -0.15) is 0 Å². The van der Waals surface area contributed by atoms with E-state index in [0.717, 1.165) is 25.7 Å². The number of fused-ring (bicyclic) bond motifs is 1. The Morgan fingerprint density at radius 3 is 2.83 bits per heavy atom. The van der Waals surface area contributed by atoms with Crippen molar-refractivity contribution in [3.63, 3.8) is 0 Å². The van der Waals surface area contributed by atoms with Gasteiger partial charge >= 0.3 is 5.97 Å². The molecular formula is C15H21NO2. The average Bonchev–Trinajstić information content (AvgIpc) is 2.38. The third kappa shape index (κ3) is 3.10. The second kappa shape index (κ2) is 6.01. The van der Waals surface area contributed by atoms with Crippen LogP contribution in [0.4, 0.5) is 0 Å². The second-order valence-electron chi connectivity index (χ2n) is 5.05. The molecule has 0 aromatic heterocycles. The summed E-state index contributed by atoms with van der Waals surface area (Å²) in [5, 5.41) is 12.5. The van der Waals surface area contributed by atoms with E-state index in [4.69, 9.17) is 5.11 Å². The molecule has 0 saturated heterocycles. The van der Waals surface area contributed by atoms with Gasteiger partial charge in [0.2, 0.25) is 0 Å². The van der Waals surface area contributed by atoms with Crippen LogP contribution in [-0.2, 0) is 17.6 Å². The Kier molecular flexibility index (Phi) is 4.37. The molecule has 1 aromatic carbocycles. The monoisotopic (exact) mass is 247 g/mol. The quantitative estimate of drug-likeness (QED) is 0.840. The molecule has 0 amide bonds. The fourth-order valence-electron chi connectivity index (χ4n) is 2.69. The van der Waals surface area contributed by atoms with Crippen LogP contribution in [0.5, 0.6) is 0 Å². The zero-order valence-electron chi connectivity index (χ0n) is 10.9. The van der Waals surface area contributed by atoms with E-state index in [1.165, 1.54) is 11.1 Å². The van der Waals surface area contributed by atoms with E-state index in [9.17, 15) is 4.79 Å². The van der Waals surface area contributed by atoms with Crippen LogP contribution in [0.25, 0.3) is 0 Å². The molecule has 0 spiro atoms. The summed E-state index contributed by atoms with van der Waals surface area (Å²) >= 11 is 0. The van der Waals surface area contributed by atoms with Crippen molar-refractivity contribution >= 4 is 5.97 Å². The van der Waals surface area contributed by atoms with Crippen LogP contribution >= 0.6 is 0 Å². The first kappa shape index (κ1) is 13.1. The predicted octanol–water partition coefficient (Wildman–Crippen LogP) is 2.39. The zero-order valence-corrected chi connectivity index (χ0v) is 10.9. The van der Waals surface area contributed by atoms with E-state index in [-0.39, 0.29) is 0 Å². The van der Waals surface area contributed by atoms with Gasteiger partial charge in [-0.25, -0.2) is 0 Å². The van der Waals surface area contributed by atoms with Gasteiger partial charge in [-0.3, -0.25) is 4.79 Å². The lowest BCUT2D eigenvalue weighted by Gasteiger charge is -2.28. The van der Waals surface area contributed by atoms with Crippen molar-refractivity contribution < 1.29 is 9.90 Å². The molecule has 3 heteroatoms. The summed E-state index contributed by atoms with van der Waals surface area (Å²) in [4.78, 5) is 11.1. The second-order valence-corrected chi connectivity index (χ2v) is 5.05. The van der Waals surface area contributed by atoms with Gasteiger partial charge in [0, 0.05) is 6.04 Å². The maximum atomic E-state index is 11.1. The number of benzene rings is 1. The number of aryl methyl sites for hydroxylation is 1. The molecule has 1 aliphatic carbocycles. The molecule has 0 bridgehead atoms. The number of carboxylic acid groups (broad SMARTS) is 1. The molecule has 98 valence electrons. The molecule has 1 aromatic rings. The van der Waals surface area contributed by atoms with Crippen LogP contribution in [0.2, 0.25) is 0 Å². The van der Waals surface area contributed by atoms with E-state index < -0.39 is 12.0 Å². The van der Waals surface area contributed by atoms with E-state index >= 15 is 0 Å². The number of nitrogens with one attached hydrogen (secondary N) is 1. The summed E-state index contributed by atoms with van der Waals surface area (Å²) in [5.74, 6) is -0.726. The standard InChI is InChI=1S/C15H21NO2/c1-2-5-14(15(17)18)16-13-9-8-11-6-3-4-7-12(11)10-13/h3-4,6-7,13-14,16H,2,5,8-10H2,1H3,(H,17,18). The van der Waals surface area contributed by atoms with Crippen molar-refractivity contribution in [3.05, 3.63) is 35.4 Å². The summed E-state index contributed by atoms with van der Waals surface area (Å²) in [5.41, 5.74) is 2.78. The molecule has 2 N–H and O–H groups in total. The lowest BCUT2D eigenvalue weighted by atomic mass is 9.88. The van der Waals surface area contributed by atoms with Crippen LogP contribution in [0, 0.1) is 0 Å². The molecular weight excluding hydrogens is 226 g/mol. The molecule has 0 saturated carbocycles. The first-order chi connectivity index (χ1) is 8.70. The highest BCUT2D eigenvalue weighted by Crippen LogP contribution is 2.21. The Morgan fingerprint density at radius 2 is 2.17 bits per heavy atom. The number of carboxylic acids is 1. The summed E-state index contributed by atoms with van der Waals surface area (Å²) in [6.45, 7) is 2.02.